The van der Waals surface area contributed by atoms with E-state index in [1.54, 1.807) is 0 Å². The molecule has 1 N–H and O–H groups in total. The maximum absolute atomic E-state index is 4.56. The van der Waals surface area contributed by atoms with Crippen LogP contribution in [-0.4, -0.2) is 17.6 Å². The molecule has 0 aliphatic rings. The molecule has 0 radical (unpaired) electrons. The van der Waals surface area contributed by atoms with Crippen LogP contribution in [0.1, 0.15) is 38.4 Å². The molecule has 0 saturated carbocycles. The van der Waals surface area contributed by atoms with Gasteiger partial charge in [0, 0.05) is 18.3 Å². The Hall–Kier alpha value is -1.09. The van der Waals surface area contributed by atoms with Crippen LogP contribution in [0.3, 0.4) is 0 Å². The van der Waals surface area contributed by atoms with Gasteiger partial charge in [-0.15, -0.1) is 0 Å². The predicted octanol–water partition coefficient (Wildman–Crippen LogP) is 2.83. The number of hydrogen-bond donors (Lipinski definition) is 1. The molecule has 0 aliphatic carbocycles. The molecule has 0 aromatic carbocycles. The van der Waals surface area contributed by atoms with Gasteiger partial charge < -0.3 is 0 Å². The van der Waals surface area contributed by atoms with Crippen molar-refractivity contribution in [3.8, 4) is 0 Å². The van der Waals surface area contributed by atoms with E-state index in [-0.39, 0.29) is 0 Å². The van der Waals surface area contributed by atoms with E-state index in [0.717, 1.165) is 24.5 Å². The van der Waals surface area contributed by atoms with Crippen LogP contribution in [0.15, 0.2) is 12.1 Å². The van der Waals surface area contributed by atoms with Crippen LogP contribution in [0.2, 0.25) is 0 Å². The summed E-state index contributed by atoms with van der Waals surface area (Å²) in [4.78, 5) is 4.56. The Morgan fingerprint density at radius 1 is 1.31 bits per heavy atom. The summed E-state index contributed by atoms with van der Waals surface area (Å²) >= 11 is 0. The average Bonchev–Trinajstić information content (AvgIpc) is 2.24. The van der Waals surface area contributed by atoms with Crippen LogP contribution in [0.25, 0.3) is 0 Å². The number of aryl methyl sites for hydroxylation is 2. The van der Waals surface area contributed by atoms with E-state index in [0.29, 0.717) is 6.04 Å². The first-order valence-corrected chi connectivity index (χ1v) is 6.05. The quantitative estimate of drug-likeness (QED) is 0.775. The van der Waals surface area contributed by atoms with Gasteiger partial charge in [-0.3, -0.25) is 5.01 Å². The van der Waals surface area contributed by atoms with Gasteiger partial charge in [-0.05, 0) is 51.8 Å². The molecule has 1 rings (SSSR count). The van der Waals surface area contributed by atoms with Crippen molar-refractivity contribution in [3.63, 3.8) is 0 Å². The molecule has 0 spiro atoms. The molecule has 3 nitrogen and oxygen atoms in total. The van der Waals surface area contributed by atoms with Gasteiger partial charge in [0.2, 0.25) is 0 Å². The molecule has 16 heavy (non-hydrogen) atoms. The lowest BCUT2D eigenvalue weighted by Gasteiger charge is -2.27. The second kappa shape index (κ2) is 5.85. The van der Waals surface area contributed by atoms with Crippen molar-refractivity contribution in [1.82, 2.24) is 10.4 Å². The van der Waals surface area contributed by atoms with Crippen molar-refractivity contribution >= 4 is 5.82 Å². The molecular weight excluding hydrogens is 198 g/mol. The largest absolute Gasteiger partial charge is 0.292 e. The fourth-order valence-corrected chi connectivity index (χ4v) is 1.64. The molecule has 0 saturated heterocycles. The van der Waals surface area contributed by atoms with E-state index in [2.05, 4.69) is 55.2 Å². The smallest absolute Gasteiger partial charge is 0.143 e. The monoisotopic (exact) mass is 221 g/mol. The van der Waals surface area contributed by atoms with Crippen LogP contribution in [0.4, 0.5) is 5.82 Å². The van der Waals surface area contributed by atoms with Crippen molar-refractivity contribution in [3.05, 3.63) is 23.4 Å². The number of aromatic nitrogens is 1. The molecule has 0 amide bonds. The summed E-state index contributed by atoms with van der Waals surface area (Å²) in [6.07, 6.45) is 1.11. The first-order chi connectivity index (χ1) is 7.56. The summed E-state index contributed by atoms with van der Waals surface area (Å²) in [5, 5.41) is 2.12. The molecule has 1 aromatic heterocycles. The number of nitrogens with zero attached hydrogens (tertiary/aromatic N) is 2. The standard InChI is InChI=1S/C13H23N3/c1-6-11(4)15-16(7-2)13-9-10(3)8-12(5)14-13/h8-9,11,15H,6-7H2,1-5H3. The third-order valence-corrected chi connectivity index (χ3v) is 2.67. The highest BCUT2D eigenvalue weighted by Gasteiger charge is 2.09. The van der Waals surface area contributed by atoms with Crippen molar-refractivity contribution in [2.24, 2.45) is 0 Å². The lowest BCUT2D eigenvalue weighted by molar-refractivity contribution is 0.506. The maximum atomic E-state index is 4.56. The molecular formula is C13H23N3. The topological polar surface area (TPSA) is 28.2 Å². The van der Waals surface area contributed by atoms with E-state index >= 15 is 0 Å². The molecule has 90 valence electrons. The Morgan fingerprint density at radius 3 is 2.50 bits per heavy atom. The number of pyridine rings is 1. The maximum Gasteiger partial charge on any atom is 0.143 e. The van der Waals surface area contributed by atoms with Crippen molar-refractivity contribution in [2.75, 3.05) is 11.6 Å². The third kappa shape index (κ3) is 3.49. The Balaban J connectivity index is 2.86. The van der Waals surface area contributed by atoms with Gasteiger partial charge in [0.15, 0.2) is 0 Å². The fourth-order valence-electron chi connectivity index (χ4n) is 1.64. The molecule has 3 heteroatoms. The minimum Gasteiger partial charge on any atom is -0.292 e. The first kappa shape index (κ1) is 13.0. The van der Waals surface area contributed by atoms with Crippen molar-refractivity contribution in [1.29, 1.82) is 0 Å². The first-order valence-electron chi connectivity index (χ1n) is 6.05. The van der Waals surface area contributed by atoms with Crippen LogP contribution in [-0.2, 0) is 0 Å². The van der Waals surface area contributed by atoms with Crippen molar-refractivity contribution in [2.45, 2.75) is 47.1 Å². The normalized spacial score (nSPS) is 12.6. The molecule has 1 aromatic rings. The van der Waals surface area contributed by atoms with Gasteiger partial charge in [0.1, 0.15) is 5.82 Å². The highest BCUT2D eigenvalue weighted by molar-refractivity contribution is 5.41. The summed E-state index contributed by atoms with van der Waals surface area (Å²) in [5.74, 6) is 1.01. The molecule has 1 atom stereocenters. The molecule has 0 fully saturated rings. The second-order valence-electron chi connectivity index (χ2n) is 4.33. The molecule has 0 bridgehead atoms. The average molecular weight is 221 g/mol. The zero-order valence-electron chi connectivity index (χ0n) is 11.0. The minimum absolute atomic E-state index is 0.475. The SMILES string of the molecule is CCC(C)NN(CC)c1cc(C)cc(C)n1. The molecule has 1 unspecified atom stereocenters. The molecule has 1 heterocycles. The highest BCUT2D eigenvalue weighted by Crippen LogP contribution is 2.13. The summed E-state index contributed by atoms with van der Waals surface area (Å²) in [7, 11) is 0. The van der Waals surface area contributed by atoms with Gasteiger partial charge in [-0.1, -0.05) is 6.92 Å². The van der Waals surface area contributed by atoms with E-state index in [1.165, 1.54) is 5.56 Å². The number of rotatable bonds is 5. The van der Waals surface area contributed by atoms with Gasteiger partial charge in [0.25, 0.3) is 0 Å². The fraction of sp³-hybridized carbons (Fsp3) is 0.615. The van der Waals surface area contributed by atoms with Crippen LogP contribution >= 0.6 is 0 Å². The van der Waals surface area contributed by atoms with E-state index in [4.69, 9.17) is 0 Å². The molecule has 0 aliphatic heterocycles. The number of nitrogens with one attached hydrogen (secondary N) is 1. The number of hydrogen-bond acceptors (Lipinski definition) is 3. The number of hydrazine groups is 1. The Kier molecular flexibility index (Phi) is 4.74. The third-order valence-electron chi connectivity index (χ3n) is 2.67. The summed E-state index contributed by atoms with van der Waals surface area (Å²) in [5.41, 5.74) is 5.78. The van der Waals surface area contributed by atoms with E-state index in [9.17, 15) is 0 Å². The number of anilines is 1. The second-order valence-corrected chi connectivity index (χ2v) is 4.33. The Bertz CT molecular complexity index is 316. The van der Waals surface area contributed by atoms with Crippen LogP contribution in [0.5, 0.6) is 0 Å². The summed E-state index contributed by atoms with van der Waals surface area (Å²) in [6.45, 7) is 11.6. The summed E-state index contributed by atoms with van der Waals surface area (Å²) in [6, 6.07) is 4.69. The predicted molar refractivity (Wildman–Crippen MR) is 69.6 cm³/mol. The lowest BCUT2D eigenvalue weighted by Crippen LogP contribution is -2.43. The highest BCUT2D eigenvalue weighted by atomic mass is 15.5. The van der Waals surface area contributed by atoms with Crippen molar-refractivity contribution < 1.29 is 0 Å². The van der Waals surface area contributed by atoms with Gasteiger partial charge in [-0.25, -0.2) is 10.4 Å². The minimum atomic E-state index is 0.475. The van der Waals surface area contributed by atoms with Gasteiger partial charge in [0.05, 0.1) is 0 Å². The van der Waals surface area contributed by atoms with E-state index in [1.807, 2.05) is 6.92 Å². The van der Waals surface area contributed by atoms with Gasteiger partial charge in [-0.2, -0.15) is 0 Å². The zero-order valence-corrected chi connectivity index (χ0v) is 11.0. The Morgan fingerprint density at radius 2 is 2.00 bits per heavy atom. The van der Waals surface area contributed by atoms with Crippen LogP contribution < -0.4 is 10.4 Å². The van der Waals surface area contributed by atoms with E-state index < -0.39 is 0 Å². The van der Waals surface area contributed by atoms with Gasteiger partial charge >= 0.3 is 0 Å². The summed E-state index contributed by atoms with van der Waals surface area (Å²) < 4.78 is 0. The lowest BCUT2D eigenvalue weighted by atomic mass is 10.2. The van der Waals surface area contributed by atoms with Crippen LogP contribution in [0, 0.1) is 13.8 Å². The Labute approximate surface area is 98.9 Å². The zero-order chi connectivity index (χ0) is 12.1.